The van der Waals surface area contributed by atoms with Crippen LogP contribution >= 0.6 is 0 Å². The maximum absolute atomic E-state index is 12.8. The van der Waals surface area contributed by atoms with Crippen LogP contribution in [0.1, 0.15) is 16.2 Å². The Kier molecular flexibility index (Phi) is 3.61. The van der Waals surface area contributed by atoms with Gasteiger partial charge in [-0.1, -0.05) is 0 Å². The number of hydrogen-bond acceptors (Lipinski definition) is 4. The van der Waals surface area contributed by atoms with E-state index in [1.54, 1.807) is 36.3 Å². The highest BCUT2D eigenvalue weighted by Gasteiger charge is 2.11. The molecule has 6 nitrogen and oxygen atoms in total. The van der Waals surface area contributed by atoms with E-state index in [9.17, 15) is 9.18 Å². The van der Waals surface area contributed by atoms with Crippen LogP contribution in [0.25, 0.3) is 5.69 Å². The number of nitrogens with one attached hydrogen (secondary N) is 1. The van der Waals surface area contributed by atoms with Gasteiger partial charge in [-0.3, -0.25) is 4.79 Å². The summed E-state index contributed by atoms with van der Waals surface area (Å²) in [5.41, 5.74) is 1.72. The summed E-state index contributed by atoms with van der Waals surface area (Å²) < 4.78 is 14.6. The molecule has 1 amide bonds. The fraction of sp³-hybridized carbons (Fsp3) is 0.0667. The summed E-state index contributed by atoms with van der Waals surface area (Å²) in [5.74, 6) is -0.614. The fourth-order valence-corrected chi connectivity index (χ4v) is 1.96. The smallest absolute Gasteiger partial charge is 0.275 e. The Morgan fingerprint density at radius 3 is 2.86 bits per heavy atom. The minimum Gasteiger partial charge on any atom is -0.306 e. The third-order valence-corrected chi connectivity index (χ3v) is 2.94. The van der Waals surface area contributed by atoms with Gasteiger partial charge in [0.2, 0.25) is 0 Å². The lowest BCUT2D eigenvalue weighted by Gasteiger charge is -2.08. The molecule has 0 saturated heterocycles. The van der Waals surface area contributed by atoms with E-state index in [4.69, 9.17) is 0 Å². The number of anilines is 1. The van der Waals surface area contributed by atoms with Gasteiger partial charge in [-0.25, -0.2) is 19.3 Å². The molecule has 3 aromatic rings. The van der Waals surface area contributed by atoms with Gasteiger partial charge in [0, 0.05) is 18.1 Å². The van der Waals surface area contributed by atoms with E-state index in [0.29, 0.717) is 5.69 Å². The van der Waals surface area contributed by atoms with Crippen molar-refractivity contribution in [1.82, 2.24) is 19.5 Å². The highest BCUT2D eigenvalue weighted by molar-refractivity contribution is 6.02. The molecule has 0 aliphatic carbocycles. The number of hydrogen-bond donors (Lipinski definition) is 1. The predicted octanol–water partition coefficient (Wildman–Crippen LogP) is 2.36. The molecular weight excluding hydrogens is 285 g/mol. The summed E-state index contributed by atoms with van der Waals surface area (Å²) in [5, 5.41) is 2.58. The molecule has 0 fully saturated rings. The van der Waals surface area contributed by atoms with Gasteiger partial charge in [0.05, 0.1) is 18.2 Å². The third kappa shape index (κ3) is 2.98. The first kappa shape index (κ1) is 13.9. The second-order valence-electron chi connectivity index (χ2n) is 4.64. The molecule has 0 unspecified atom stereocenters. The van der Waals surface area contributed by atoms with Crippen molar-refractivity contribution in [2.24, 2.45) is 0 Å². The van der Waals surface area contributed by atoms with Crippen LogP contribution in [0.5, 0.6) is 0 Å². The Balaban J connectivity index is 1.87. The number of aryl methyl sites for hydroxylation is 1. The Morgan fingerprint density at radius 1 is 1.32 bits per heavy atom. The number of rotatable bonds is 3. The maximum atomic E-state index is 12.8. The van der Waals surface area contributed by atoms with Gasteiger partial charge in [-0.15, -0.1) is 0 Å². The van der Waals surface area contributed by atoms with E-state index in [-0.39, 0.29) is 11.5 Å². The van der Waals surface area contributed by atoms with Gasteiger partial charge >= 0.3 is 0 Å². The molecule has 0 aliphatic rings. The number of amides is 1. The van der Waals surface area contributed by atoms with Crippen molar-refractivity contribution in [3.05, 3.63) is 66.4 Å². The number of pyridine rings is 2. The van der Waals surface area contributed by atoms with E-state index in [0.717, 1.165) is 11.9 Å². The van der Waals surface area contributed by atoms with Gasteiger partial charge in [-0.2, -0.15) is 0 Å². The number of nitrogens with zero attached hydrogens (tertiary/aromatic N) is 4. The van der Waals surface area contributed by atoms with Crippen molar-refractivity contribution in [1.29, 1.82) is 0 Å². The minimum atomic E-state index is -0.464. The first-order valence-corrected chi connectivity index (χ1v) is 6.52. The molecule has 0 spiro atoms. The maximum Gasteiger partial charge on any atom is 0.275 e. The zero-order valence-electron chi connectivity index (χ0n) is 11.7. The van der Waals surface area contributed by atoms with Crippen molar-refractivity contribution >= 4 is 11.7 Å². The Morgan fingerprint density at radius 2 is 2.18 bits per heavy atom. The van der Waals surface area contributed by atoms with Crippen LogP contribution in [0.4, 0.5) is 10.2 Å². The average molecular weight is 297 g/mol. The van der Waals surface area contributed by atoms with Crippen molar-refractivity contribution in [2.75, 3.05) is 5.32 Å². The van der Waals surface area contributed by atoms with Crippen molar-refractivity contribution < 1.29 is 9.18 Å². The van der Waals surface area contributed by atoms with E-state index < -0.39 is 11.7 Å². The molecular formula is C15H12FN5O. The second kappa shape index (κ2) is 5.72. The lowest BCUT2D eigenvalue weighted by molar-refractivity contribution is 0.102. The molecule has 110 valence electrons. The van der Waals surface area contributed by atoms with Crippen LogP contribution < -0.4 is 5.32 Å². The Labute approximate surface area is 125 Å². The molecule has 0 atom stereocenters. The van der Waals surface area contributed by atoms with Crippen LogP contribution in [-0.4, -0.2) is 25.4 Å². The van der Waals surface area contributed by atoms with E-state index in [1.165, 1.54) is 12.1 Å². The van der Waals surface area contributed by atoms with Gasteiger partial charge in [-0.05, 0) is 31.2 Å². The van der Waals surface area contributed by atoms with Gasteiger partial charge in [0.15, 0.2) is 0 Å². The predicted molar refractivity (Wildman–Crippen MR) is 78.2 cm³/mol. The lowest BCUT2D eigenvalue weighted by Crippen LogP contribution is -2.15. The summed E-state index contributed by atoms with van der Waals surface area (Å²) in [6, 6.07) is 6.10. The monoisotopic (exact) mass is 297 g/mol. The van der Waals surface area contributed by atoms with Gasteiger partial charge in [0.1, 0.15) is 17.3 Å². The molecule has 22 heavy (non-hydrogen) atoms. The molecule has 7 heteroatoms. The van der Waals surface area contributed by atoms with E-state index >= 15 is 0 Å². The first-order chi connectivity index (χ1) is 10.6. The molecule has 0 aliphatic heterocycles. The number of imidazole rings is 1. The first-order valence-electron chi connectivity index (χ1n) is 6.52. The highest BCUT2D eigenvalue weighted by atomic mass is 19.1. The zero-order chi connectivity index (χ0) is 15.5. The zero-order valence-corrected chi connectivity index (χ0v) is 11.7. The van der Waals surface area contributed by atoms with Crippen molar-refractivity contribution in [3.63, 3.8) is 0 Å². The van der Waals surface area contributed by atoms with Crippen LogP contribution in [0, 0.1) is 12.7 Å². The summed E-state index contributed by atoms with van der Waals surface area (Å²) in [4.78, 5) is 24.2. The largest absolute Gasteiger partial charge is 0.306 e. The Hall–Kier alpha value is -3.09. The molecule has 0 aromatic carbocycles. The quantitative estimate of drug-likeness (QED) is 0.805. The molecule has 0 bridgehead atoms. The normalized spacial score (nSPS) is 10.5. The van der Waals surface area contributed by atoms with Crippen molar-refractivity contribution in [3.8, 4) is 5.69 Å². The number of aromatic nitrogens is 4. The molecule has 1 N–H and O–H groups in total. The summed E-state index contributed by atoms with van der Waals surface area (Å²) in [7, 11) is 0. The minimum absolute atomic E-state index is 0.245. The molecule has 3 aromatic heterocycles. The Bertz CT molecular complexity index is 799. The van der Waals surface area contributed by atoms with Crippen LogP contribution in [0.15, 0.2) is 49.2 Å². The third-order valence-electron chi connectivity index (χ3n) is 2.94. The second-order valence-corrected chi connectivity index (χ2v) is 4.64. The molecule has 3 rings (SSSR count). The fourth-order valence-electron chi connectivity index (χ4n) is 1.96. The van der Waals surface area contributed by atoms with Crippen LogP contribution in [0.2, 0.25) is 0 Å². The average Bonchev–Trinajstić information content (AvgIpc) is 3.03. The van der Waals surface area contributed by atoms with E-state index in [2.05, 4.69) is 20.3 Å². The van der Waals surface area contributed by atoms with E-state index in [1.807, 2.05) is 6.07 Å². The SMILES string of the molecule is Cc1cc(-n2ccnc2)cc(C(=O)Nc2ccc(F)cn2)n1. The highest BCUT2D eigenvalue weighted by Crippen LogP contribution is 2.12. The number of carbonyl (C=O) groups is 1. The number of halogens is 1. The van der Waals surface area contributed by atoms with Crippen molar-refractivity contribution in [2.45, 2.75) is 6.92 Å². The van der Waals surface area contributed by atoms with Crippen LogP contribution in [0.3, 0.4) is 0 Å². The lowest BCUT2D eigenvalue weighted by atomic mass is 10.2. The molecule has 0 radical (unpaired) electrons. The summed E-state index contributed by atoms with van der Waals surface area (Å²) in [6.07, 6.45) is 6.10. The topological polar surface area (TPSA) is 72.7 Å². The molecule has 3 heterocycles. The molecule has 0 saturated carbocycles. The van der Waals surface area contributed by atoms with Crippen LogP contribution in [-0.2, 0) is 0 Å². The van der Waals surface area contributed by atoms with Gasteiger partial charge < -0.3 is 9.88 Å². The summed E-state index contributed by atoms with van der Waals surface area (Å²) >= 11 is 0. The van der Waals surface area contributed by atoms with Gasteiger partial charge in [0.25, 0.3) is 5.91 Å². The summed E-state index contributed by atoms with van der Waals surface area (Å²) in [6.45, 7) is 1.80. The number of carbonyl (C=O) groups excluding carboxylic acids is 1. The standard InChI is InChI=1S/C15H12FN5O/c1-10-6-12(21-5-4-17-9-21)7-13(19-10)15(22)20-14-3-2-11(16)8-18-14/h2-9H,1H3,(H,18,20,22).